The van der Waals surface area contributed by atoms with Crippen molar-refractivity contribution in [2.24, 2.45) is 0 Å². The van der Waals surface area contributed by atoms with Crippen LogP contribution in [0.5, 0.6) is 5.75 Å². The van der Waals surface area contributed by atoms with Gasteiger partial charge in [0.1, 0.15) is 5.75 Å². The van der Waals surface area contributed by atoms with E-state index in [1.165, 1.54) is 13.1 Å². The molecule has 0 aromatic heterocycles. The molecule has 0 spiro atoms. The first-order chi connectivity index (χ1) is 15.9. The van der Waals surface area contributed by atoms with Gasteiger partial charge in [0, 0.05) is 38.9 Å². The van der Waals surface area contributed by atoms with E-state index in [4.69, 9.17) is 4.74 Å². The van der Waals surface area contributed by atoms with Crippen LogP contribution < -0.4 is 13.9 Å². The molecule has 0 saturated carbocycles. The van der Waals surface area contributed by atoms with Gasteiger partial charge in [-0.3, -0.25) is 9.10 Å². The second-order valence-corrected chi connectivity index (χ2v) is 10.1. The van der Waals surface area contributed by atoms with Crippen molar-refractivity contribution in [2.75, 3.05) is 48.7 Å². The van der Waals surface area contributed by atoms with Crippen molar-refractivity contribution in [3.05, 3.63) is 54.1 Å². The third kappa shape index (κ3) is 6.13. The molecule has 1 aliphatic heterocycles. The van der Waals surface area contributed by atoms with Crippen LogP contribution in [-0.4, -0.2) is 64.8 Å². The number of anilines is 2. The molecule has 186 valence electrons. The van der Waals surface area contributed by atoms with Gasteiger partial charge in [0.2, 0.25) is 10.0 Å². The lowest BCUT2D eigenvalue weighted by Gasteiger charge is -2.37. The number of amides is 1. The second kappa shape index (κ2) is 10.1. The summed E-state index contributed by atoms with van der Waals surface area (Å²) in [6.45, 7) is 3.39. The van der Waals surface area contributed by atoms with E-state index in [2.05, 4.69) is 0 Å². The quantitative estimate of drug-likeness (QED) is 0.582. The predicted molar refractivity (Wildman–Crippen MR) is 125 cm³/mol. The van der Waals surface area contributed by atoms with E-state index >= 15 is 0 Å². The summed E-state index contributed by atoms with van der Waals surface area (Å²) in [4.78, 5) is 16.5. The van der Waals surface area contributed by atoms with E-state index in [1.807, 2.05) is 11.8 Å². The number of rotatable bonds is 7. The number of hydrogen-bond acceptors (Lipinski definition) is 5. The highest BCUT2D eigenvalue weighted by atomic mass is 32.2. The van der Waals surface area contributed by atoms with Crippen LogP contribution in [0.4, 0.5) is 24.5 Å². The summed E-state index contributed by atoms with van der Waals surface area (Å²) in [5.41, 5.74) is 0.251. The molecule has 2 aromatic carbocycles. The van der Waals surface area contributed by atoms with Gasteiger partial charge in [-0.15, -0.1) is 0 Å². The molecule has 1 heterocycles. The van der Waals surface area contributed by atoms with Crippen LogP contribution in [0.25, 0.3) is 0 Å². The van der Waals surface area contributed by atoms with Crippen LogP contribution in [0.15, 0.2) is 48.5 Å². The fourth-order valence-electron chi connectivity index (χ4n) is 3.67. The van der Waals surface area contributed by atoms with E-state index in [9.17, 15) is 26.4 Å². The SMILES string of the molecule is CC[C@@H](Oc1ccc(N(C)S(C)(=O)=O)cc1)C(=O)N1CCN(c2cccc(C(F)(F)F)c2)CC1. The van der Waals surface area contributed by atoms with E-state index in [1.54, 1.807) is 35.2 Å². The number of hydrogen-bond donors (Lipinski definition) is 0. The van der Waals surface area contributed by atoms with Gasteiger partial charge in [-0.1, -0.05) is 13.0 Å². The monoisotopic (exact) mass is 499 g/mol. The topological polar surface area (TPSA) is 70.2 Å². The summed E-state index contributed by atoms with van der Waals surface area (Å²) >= 11 is 0. The van der Waals surface area contributed by atoms with Crippen molar-refractivity contribution in [2.45, 2.75) is 25.6 Å². The maximum atomic E-state index is 13.0. The number of halogens is 3. The highest BCUT2D eigenvalue weighted by Crippen LogP contribution is 2.32. The molecule has 0 N–H and O–H groups in total. The number of sulfonamides is 1. The molecule has 0 aliphatic carbocycles. The lowest BCUT2D eigenvalue weighted by molar-refractivity contribution is -0.139. The summed E-state index contributed by atoms with van der Waals surface area (Å²) in [5, 5.41) is 0. The molecule has 2 aromatic rings. The molecule has 1 aliphatic rings. The molecule has 34 heavy (non-hydrogen) atoms. The number of carbonyl (C=O) groups excluding carboxylic acids is 1. The zero-order valence-corrected chi connectivity index (χ0v) is 20.1. The first kappa shape index (κ1) is 25.7. The van der Waals surface area contributed by atoms with Crippen molar-refractivity contribution in [1.29, 1.82) is 0 Å². The van der Waals surface area contributed by atoms with Gasteiger partial charge in [-0.2, -0.15) is 13.2 Å². The van der Waals surface area contributed by atoms with E-state index in [0.717, 1.165) is 22.7 Å². The third-order valence-electron chi connectivity index (χ3n) is 5.75. The lowest BCUT2D eigenvalue weighted by Crippen LogP contribution is -2.52. The molecule has 0 bridgehead atoms. The Hall–Kier alpha value is -2.95. The Kier molecular flexibility index (Phi) is 7.64. The molecule has 1 fully saturated rings. The van der Waals surface area contributed by atoms with Crippen molar-refractivity contribution in [3.63, 3.8) is 0 Å². The number of ether oxygens (including phenoxy) is 1. The largest absolute Gasteiger partial charge is 0.481 e. The van der Waals surface area contributed by atoms with Crippen LogP contribution in [-0.2, 0) is 21.0 Å². The normalized spacial score (nSPS) is 15.7. The van der Waals surface area contributed by atoms with Crippen molar-refractivity contribution < 1.29 is 31.1 Å². The summed E-state index contributed by atoms with van der Waals surface area (Å²) in [6.07, 6.45) is -3.59. The van der Waals surface area contributed by atoms with Gasteiger partial charge in [0.15, 0.2) is 6.10 Å². The van der Waals surface area contributed by atoms with Gasteiger partial charge >= 0.3 is 6.18 Å². The van der Waals surface area contributed by atoms with Crippen LogP contribution in [0.3, 0.4) is 0 Å². The minimum atomic E-state index is -4.40. The zero-order valence-electron chi connectivity index (χ0n) is 19.2. The molecular formula is C23H28F3N3O4S. The Labute approximate surface area is 197 Å². The van der Waals surface area contributed by atoms with Crippen molar-refractivity contribution in [1.82, 2.24) is 4.90 Å². The molecule has 1 amide bonds. The fraction of sp³-hybridized carbons (Fsp3) is 0.435. The standard InChI is InChI=1S/C23H28F3N3O4S/c1-4-21(33-20-10-8-18(9-11-20)27(2)34(3,31)32)22(30)29-14-12-28(13-15-29)19-7-5-6-17(16-19)23(24,25)26/h5-11,16,21H,4,12-15H2,1-3H3/t21-/m1/s1. The highest BCUT2D eigenvalue weighted by Gasteiger charge is 2.32. The number of benzene rings is 2. The molecule has 7 nitrogen and oxygen atoms in total. The van der Waals surface area contributed by atoms with Gasteiger partial charge < -0.3 is 14.5 Å². The highest BCUT2D eigenvalue weighted by molar-refractivity contribution is 7.92. The maximum absolute atomic E-state index is 13.0. The first-order valence-corrected chi connectivity index (χ1v) is 12.7. The Bertz CT molecular complexity index is 1100. The fourth-order valence-corrected chi connectivity index (χ4v) is 4.17. The number of piperazine rings is 1. The van der Waals surface area contributed by atoms with E-state index in [0.29, 0.717) is 49.7 Å². The summed E-state index contributed by atoms with van der Waals surface area (Å²) in [5.74, 6) is 0.247. The molecule has 0 unspecified atom stereocenters. The lowest BCUT2D eigenvalue weighted by atomic mass is 10.1. The molecule has 11 heteroatoms. The Morgan fingerprint density at radius 1 is 1.09 bits per heavy atom. The summed E-state index contributed by atoms with van der Waals surface area (Å²) in [6, 6.07) is 11.6. The second-order valence-electron chi connectivity index (χ2n) is 8.10. The molecule has 1 saturated heterocycles. The Balaban J connectivity index is 1.60. The molecule has 1 atom stereocenters. The number of carbonyl (C=O) groups is 1. The third-order valence-corrected chi connectivity index (χ3v) is 6.96. The number of nitrogens with zero attached hydrogens (tertiary/aromatic N) is 3. The summed E-state index contributed by atoms with van der Waals surface area (Å²) < 4.78 is 69.4. The summed E-state index contributed by atoms with van der Waals surface area (Å²) in [7, 11) is -1.94. The van der Waals surface area contributed by atoms with Gasteiger partial charge in [0.25, 0.3) is 5.91 Å². The van der Waals surface area contributed by atoms with Crippen molar-refractivity contribution in [3.8, 4) is 5.75 Å². The maximum Gasteiger partial charge on any atom is 0.416 e. The molecule has 0 radical (unpaired) electrons. The molecular weight excluding hydrogens is 471 g/mol. The predicted octanol–water partition coefficient (Wildman–Crippen LogP) is 3.61. The van der Waals surface area contributed by atoms with Crippen LogP contribution >= 0.6 is 0 Å². The minimum Gasteiger partial charge on any atom is -0.481 e. The van der Waals surface area contributed by atoms with Gasteiger partial charge in [-0.25, -0.2) is 8.42 Å². The van der Waals surface area contributed by atoms with Crippen LogP contribution in [0.1, 0.15) is 18.9 Å². The smallest absolute Gasteiger partial charge is 0.416 e. The van der Waals surface area contributed by atoms with Crippen molar-refractivity contribution >= 4 is 27.3 Å². The Morgan fingerprint density at radius 2 is 1.71 bits per heavy atom. The average Bonchev–Trinajstić information content (AvgIpc) is 2.81. The minimum absolute atomic E-state index is 0.191. The van der Waals surface area contributed by atoms with E-state index in [-0.39, 0.29) is 5.91 Å². The zero-order chi connectivity index (χ0) is 25.1. The van der Waals surface area contributed by atoms with Crippen LogP contribution in [0, 0.1) is 0 Å². The Morgan fingerprint density at radius 3 is 2.24 bits per heavy atom. The molecule has 3 rings (SSSR count). The van der Waals surface area contributed by atoms with Gasteiger partial charge in [0.05, 0.1) is 17.5 Å². The first-order valence-electron chi connectivity index (χ1n) is 10.8. The van der Waals surface area contributed by atoms with E-state index < -0.39 is 27.9 Å². The van der Waals surface area contributed by atoms with Gasteiger partial charge in [-0.05, 0) is 48.9 Å². The average molecular weight is 500 g/mol. The van der Waals surface area contributed by atoms with Crippen LogP contribution in [0.2, 0.25) is 0 Å². The number of alkyl halides is 3.